The fraction of sp³-hybridized carbons (Fsp3) is 0.667. The lowest BCUT2D eigenvalue weighted by atomic mass is 10.2. The van der Waals surface area contributed by atoms with Crippen LogP contribution in [0.15, 0.2) is 12.3 Å². The summed E-state index contributed by atoms with van der Waals surface area (Å²) in [5.41, 5.74) is 0. The topological polar surface area (TPSA) is 79.3 Å². The maximum absolute atomic E-state index is 8.97. The van der Waals surface area contributed by atoms with Crippen LogP contribution in [0.1, 0.15) is 19.8 Å². The summed E-state index contributed by atoms with van der Waals surface area (Å²) in [5.74, 6) is 1.35. The Hall–Kier alpha value is -1.40. The Morgan fingerprint density at radius 2 is 2.33 bits per heavy atom. The molecule has 0 bridgehead atoms. The van der Waals surface area contributed by atoms with Gasteiger partial charge in [0.05, 0.1) is 12.6 Å². The van der Waals surface area contributed by atoms with Gasteiger partial charge in [0.2, 0.25) is 5.95 Å². The van der Waals surface area contributed by atoms with E-state index in [1.807, 2.05) is 0 Å². The van der Waals surface area contributed by atoms with E-state index in [0.717, 1.165) is 18.8 Å². The van der Waals surface area contributed by atoms with Crippen LogP contribution in [0.25, 0.3) is 0 Å². The fourth-order valence-electron chi connectivity index (χ4n) is 1.52. The first-order valence-corrected chi connectivity index (χ1v) is 6.23. The molecule has 102 valence electrons. The van der Waals surface area contributed by atoms with Crippen molar-refractivity contribution in [2.24, 2.45) is 0 Å². The fourth-order valence-corrected chi connectivity index (χ4v) is 1.52. The molecular formula is C12H22N4O2. The summed E-state index contributed by atoms with van der Waals surface area (Å²) in [7, 11) is 1.64. The second-order valence-electron chi connectivity index (χ2n) is 4.00. The number of aliphatic hydroxyl groups is 1. The van der Waals surface area contributed by atoms with Gasteiger partial charge in [0.25, 0.3) is 0 Å². The van der Waals surface area contributed by atoms with Crippen LogP contribution in [-0.2, 0) is 4.74 Å². The number of aromatic nitrogens is 2. The van der Waals surface area contributed by atoms with E-state index >= 15 is 0 Å². The van der Waals surface area contributed by atoms with Gasteiger partial charge in [-0.05, 0) is 18.9 Å². The average Bonchev–Trinajstić information content (AvgIpc) is 2.37. The molecule has 0 radical (unpaired) electrons. The zero-order valence-electron chi connectivity index (χ0n) is 11.0. The number of aliphatic hydroxyl groups excluding tert-OH is 1. The van der Waals surface area contributed by atoms with Gasteiger partial charge in [0, 0.05) is 26.5 Å². The Balaban J connectivity index is 2.58. The third kappa shape index (κ3) is 5.29. The monoisotopic (exact) mass is 254 g/mol. The number of hydrogen-bond donors (Lipinski definition) is 3. The number of anilines is 2. The number of nitrogens with one attached hydrogen (secondary N) is 2. The third-order valence-electron chi connectivity index (χ3n) is 2.39. The zero-order chi connectivity index (χ0) is 13.2. The molecule has 0 aliphatic heterocycles. The Labute approximate surface area is 108 Å². The normalized spacial score (nSPS) is 12.2. The molecule has 1 atom stereocenters. The Morgan fingerprint density at radius 3 is 3.00 bits per heavy atom. The molecule has 1 aromatic rings. The molecule has 3 N–H and O–H groups in total. The predicted molar refractivity (Wildman–Crippen MR) is 71.8 cm³/mol. The molecular weight excluding hydrogens is 232 g/mol. The number of rotatable bonds is 9. The first kappa shape index (κ1) is 14.7. The van der Waals surface area contributed by atoms with Crippen LogP contribution < -0.4 is 10.6 Å². The molecule has 1 rings (SSSR count). The van der Waals surface area contributed by atoms with Crippen molar-refractivity contribution in [1.29, 1.82) is 0 Å². The molecule has 6 nitrogen and oxygen atoms in total. The second-order valence-corrected chi connectivity index (χ2v) is 4.00. The van der Waals surface area contributed by atoms with Crippen LogP contribution in [0.4, 0.5) is 11.8 Å². The molecule has 6 heteroatoms. The minimum absolute atomic E-state index is 0.0499. The summed E-state index contributed by atoms with van der Waals surface area (Å²) in [6.45, 7) is 3.59. The van der Waals surface area contributed by atoms with E-state index in [1.165, 1.54) is 0 Å². The van der Waals surface area contributed by atoms with E-state index in [4.69, 9.17) is 9.84 Å². The molecule has 1 unspecified atom stereocenters. The number of ether oxygens (including phenoxy) is 1. The van der Waals surface area contributed by atoms with Gasteiger partial charge in [0.1, 0.15) is 5.82 Å². The summed E-state index contributed by atoms with van der Waals surface area (Å²) >= 11 is 0. The number of nitrogens with zero attached hydrogens (tertiary/aromatic N) is 2. The molecule has 0 fully saturated rings. The minimum Gasteiger partial charge on any atom is -0.396 e. The smallest absolute Gasteiger partial charge is 0.224 e. The van der Waals surface area contributed by atoms with E-state index in [2.05, 4.69) is 27.5 Å². The van der Waals surface area contributed by atoms with Crippen LogP contribution in [0.2, 0.25) is 0 Å². The summed E-state index contributed by atoms with van der Waals surface area (Å²) < 4.78 is 5.09. The van der Waals surface area contributed by atoms with Crippen molar-refractivity contribution in [3.05, 3.63) is 12.3 Å². The van der Waals surface area contributed by atoms with Gasteiger partial charge in [-0.3, -0.25) is 0 Å². The molecule has 1 heterocycles. The molecule has 0 saturated heterocycles. The maximum atomic E-state index is 8.97. The maximum Gasteiger partial charge on any atom is 0.224 e. The van der Waals surface area contributed by atoms with Crippen molar-refractivity contribution in [2.45, 2.75) is 25.8 Å². The molecule has 18 heavy (non-hydrogen) atoms. The quantitative estimate of drug-likeness (QED) is 0.612. The second kappa shape index (κ2) is 8.66. The van der Waals surface area contributed by atoms with Gasteiger partial charge in [-0.1, -0.05) is 6.92 Å². The van der Waals surface area contributed by atoms with Crippen LogP contribution in [-0.4, -0.2) is 48.0 Å². The summed E-state index contributed by atoms with van der Waals surface area (Å²) in [5, 5.41) is 15.3. The van der Waals surface area contributed by atoms with Crippen LogP contribution in [0.3, 0.4) is 0 Å². The summed E-state index contributed by atoms with van der Waals surface area (Å²) in [6, 6.07) is 1.85. The van der Waals surface area contributed by atoms with Gasteiger partial charge >= 0.3 is 0 Å². The van der Waals surface area contributed by atoms with E-state index < -0.39 is 0 Å². The van der Waals surface area contributed by atoms with Gasteiger partial charge in [-0.2, -0.15) is 4.98 Å². The highest BCUT2D eigenvalue weighted by molar-refractivity contribution is 5.40. The van der Waals surface area contributed by atoms with Crippen LogP contribution >= 0.6 is 0 Å². The molecule has 0 aliphatic rings. The highest BCUT2D eigenvalue weighted by Gasteiger charge is 2.08. The highest BCUT2D eigenvalue weighted by atomic mass is 16.5. The third-order valence-corrected chi connectivity index (χ3v) is 2.39. The van der Waals surface area contributed by atoms with Crippen molar-refractivity contribution in [3.8, 4) is 0 Å². The van der Waals surface area contributed by atoms with E-state index in [0.29, 0.717) is 19.0 Å². The zero-order valence-corrected chi connectivity index (χ0v) is 11.0. The van der Waals surface area contributed by atoms with Gasteiger partial charge in [-0.15, -0.1) is 0 Å². The molecule has 0 aliphatic carbocycles. The van der Waals surface area contributed by atoms with E-state index in [1.54, 1.807) is 19.4 Å². The van der Waals surface area contributed by atoms with Crippen molar-refractivity contribution in [1.82, 2.24) is 9.97 Å². The lowest BCUT2D eigenvalue weighted by Gasteiger charge is -2.17. The summed E-state index contributed by atoms with van der Waals surface area (Å²) in [6.07, 6.45) is 3.35. The van der Waals surface area contributed by atoms with Crippen molar-refractivity contribution < 1.29 is 9.84 Å². The largest absolute Gasteiger partial charge is 0.396 e. The van der Waals surface area contributed by atoms with Gasteiger partial charge < -0.3 is 20.5 Å². The number of hydrogen-bond acceptors (Lipinski definition) is 6. The minimum atomic E-state index is 0.0499. The Kier molecular flexibility index (Phi) is 7.05. The standard InChI is InChI=1S/C12H22N4O2/c1-3-6-13-12-14-7-4-11(16-12)15-10(5-8-17)9-18-2/h4,7,10,17H,3,5-6,8-9H2,1-2H3,(H2,13,14,15,16). The number of methoxy groups -OCH3 is 1. The molecule has 0 amide bonds. The molecule has 0 spiro atoms. The molecule has 0 aromatic carbocycles. The highest BCUT2D eigenvalue weighted by Crippen LogP contribution is 2.09. The SMILES string of the molecule is CCCNc1nccc(NC(CCO)COC)n1. The van der Waals surface area contributed by atoms with Crippen LogP contribution in [0, 0.1) is 0 Å². The van der Waals surface area contributed by atoms with Crippen molar-refractivity contribution in [2.75, 3.05) is 37.5 Å². The molecule has 1 aromatic heterocycles. The lowest BCUT2D eigenvalue weighted by Crippen LogP contribution is -2.26. The Morgan fingerprint density at radius 1 is 1.50 bits per heavy atom. The first-order valence-electron chi connectivity index (χ1n) is 6.23. The Bertz CT molecular complexity index is 330. The molecule has 0 saturated carbocycles. The predicted octanol–water partition coefficient (Wildman–Crippen LogP) is 1.11. The van der Waals surface area contributed by atoms with E-state index in [-0.39, 0.29) is 12.6 Å². The van der Waals surface area contributed by atoms with Gasteiger partial charge in [-0.25, -0.2) is 4.98 Å². The van der Waals surface area contributed by atoms with Crippen molar-refractivity contribution in [3.63, 3.8) is 0 Å². The first-order chi connectivity index (χ1) is 8.80. The average molecular weight is 254 g/mol. The summed E-state index contributed by atoms with van der Waals surface area (Å²) in [4.78, 5) is 8.48. The van der Waals surface area contributed by atoms with Crippen molar-refractivity contribution >= 4 is 11.8 Å². The van der Waals surface area contributed by atoms with Crippen LogP contribution in [0.5, 0.6) is 0 Å². The van der Waals surface area contributed by atoms with Gasteiger partial charge in [0.15, 0.2) is 0 Å². The van der Waals surface area contributed by atoms with E-state index in [9.17, 15) is 0 Å². The lowest BCUT2D eigenvalue weighted by molar-refractivity contribution is 0.170.